The van der Waals surface area contributed by atoms with E-state index in [0.717, 1.165) is 25.9 Å². The molecule has 0 amide bonds. The summed E-state index contributed by atoms with van der Waals surface area (Å²) in [6.45, 7) is -0.294. The lowest BCUT2D eigenvalue weighted by atomic mass is 9.98. The van der Waals surface area contributed by atoms with Crippen molar-refractivity contribution in [1.82, 2.24) is 24.6 Å². The van der Waals surface area contributed by atoms with Crippen molar-refractivity contribution in [2.75, 3.05) is 26.7 Å². The van der Waals surface area contributed by atoms with Gasteiger partial charge in [-0.05, 0) is 75.6 Å². The lowest BCUT2D eigenvalue weighted by Gasteiger charge is -2.28. The van der Waals surface area contributed by atoms with Crippen molar-refractivity contribution in [3.63, 3.8) is 0 Å². The van der Waals surface area contributed by atoms with Crippen molar-refractivity contribution in [2.45, 2.75) is 25.7 Å². The number of benzene rings is 2. The molecule has 2 aromatic heterocycles. The van der Waals surface area contributed by atoms with Crippen LogP contribution in [0.15, 0.2) is 77.9 Å². The van der Waals surface area contributed by atoms with E-state index in [1.807, 2.05) is 6.07 Å². The molecular weight excluding hydrogens is 476 g/mol. The van der Waals surface area contributed by atoms with Crippen LogP contribution in [0.4, 0.5) is 0 Å². The molecule has 38 heavy (non-hydrogen) atoms. The molecule has 0 spiro atoms. The Morgan fingerprint density at radius 2 is 1.87 bits per heavy atom. The summed E-state index contributed by atoms with van der Waals surface area (Å²) in [5, 5.41) is 13.6. The molecule has 2 aromatic carbocycles. The van der Waals surface area contributed by atoms with Crippen LogP contribution in [-0.4, -0.2) is 51.4 Å². The Morgan fingerprint density at radius 1 is 1.11 bits per heavy atom. The molecule has 1 aliphatic heterocycles. The van der Waals surface area contributed by atoms with Crippen LogP contribution in [0.5, 0.6) is 5.75 Å². The topological polar surface area (TPSA) is 96.9 Å². The minimum absolute atomic E-state index is 0.0173. The van der Waals surface area contributed by atoms with Crippen molar-refractivity contribution in [2.24, 2.45) is 5.92 Å². The first-order valence-electron chi connectivity index (χ1n) is 14.4. The van der Waals surface area contributed by atoms with E-state index in [1.165, 1.54) is 24.3 Å². The van der Waals surface area contributed by atoms with E-state index in [2.05, 4.69) is 27.0 Å². The van der Waals surface area contributed by atoms with E-state index >= 15 is 0 Å². The SMILES string of the molecule is [2H]C([2H])([2H])[C@]([2H])(c1cccc(-c2ncc(OCC3CCN(C)CC3)cn2)c1)n1nc(-c2cccc(C#N)c2)ccc1=O. The highest BCUT2D eigenvalue weighted by Crippen LogP contribution is 2.24. The normalized spacial score (nSPS) is 17.8. The quantitative estimate of drug-likeness (QED) is 0.359. The van der Waals surface area contributed by atoms with Gasteiger partial charge in [-0.2, -0.15) is 10.4 Å². The summed E-state index contributed by atoms with van der Waals surface area (Å²) in [5.74, 6) is 1.34. The Balaban J connectivity index is 1.45. The summed E-state index contributed by atoms with van der Waals surface area (Å²) in [5.41, 5.74) is 0.879. The van der Waals surface area contributed by atoms with Gasteiger partial charge < -0.3 is 9.64 Å². The molecule has 0 saturated carbocycles. The van der Waals surface area contributed by atoms with Crippen LogP contribution in [0.2, 0.25) is 0 Å². The summed E-state index contributed by atoms with van der Waals surface area (Å²) in [4.78, 5) is 24.1. The fourth-order valence-electron chi connectivity index (χ4n) is 4.38. The van der Waals surface area contributed by atoms with Gasteiger partial charge in [0.05, 0.1) is 43.7 Å². The maximum Gasteiger partial charge on any atom is 0.267 e. The second kappa shape index (κ2) is 11.4. The lowest BCUT2D eigenvalue weighted by molar-refractivity contribution is 0.159. The zero-order chi connectivity index (χ0) is 29.9. The van der Waals surface area contributed by atoms with Gasteiger partial charge in [-0.3, -0.25) is 4.79 Å². The summed E-state index contributed by atoms with van der Waals surface area (Å²) in [7, 11) is 2.12. The molecule has 1 fully saturated rings. The van der Waals surface area contributed by atoms with Crippen LogP contribution >= 0.6 is 0 Å². The number of ether oxygens (including phenoxy) is 1. The zero-order valence-corrected chi connectivity index (χ0v) is 21.0. The van der Waals surface area contributed by atoms with Crippen molar-refractivity contribution in [3.05, 3.63) is 94.5 Å². The average molecular weight is 511 g/mol. The van der Waals surface area contributed by atoms with Gasteiger partial charge in [0.25, 0.3) is 5.56 Å². The molecule has 0 bridgehead atoms. The molecule has 0 radical (unpaired) electrons. The van der Waals surface area contributed by atoms with Gasteiger partial charge in [-0.15, -0.1) is 0 Å². The van der Waals surface area contributed by atoms with Gasteiger partial charge in [-0.1, -0.05) is 30.3 Å². The maximum absolute atomic E-state index is 13.0. The van der Waals surface area contributed by atoms with Gasteiger partial charge in [0.15, 0.2) is 11.6 Å². The fourth-order valence-corrected chi connectivity index (χ4v) is 4.38. The van der Waals surface area contributed by atoms with Gasteiger partial charge >= 0.3 is 0 Å². The summed E-state index contributed by atoms with van der Waals surface area (Å²) in [6, 6.07) is 14.9. The Bertz CT molecular complexity index is 1660. The summed E-state index contributed by atoms with van der Waals surface area (Å²) >= 11 is 0. The molecule has 8 nitrogen and oxygen atoms in total. The molecule has 192 valence electrons. The highest BCUT2D eigenvalue weighted by molar-refractivity contribution is 5.61. The standard InChI is InChI=1S/C30H30N6O2/c1-21(36-29(37)10-9-28(34-36)25-7-3-5-23(15-25)17-31)24-6-4-8-26(16-24)30-32-18-27(19-33-30)38-20-22-11-13-35(2)14-12-22/h3-10,15-16,18-19,21-22H,11-14,20H2,1-2H3/t21-/m1/s1/i1D3,21D. The predicted molar refractivity (Wildman–Crippen MR) is 146 cm³/mol. The Morgan fingerprint density at radius 3 is 2.63 bits per heavy atom. The molecule has 0 unspecified atom stereocenters. The number of nitrogens with zero attached hydrogens (tertiary/aromatic N) is 6. The molecule has 0 aliphatic carbocycles. The number of nitriles is 1. The second-order valence-electron chi connectivity index (χ2n) is 9.39. The summed E-state index contributed by atoms with van der Waals surface area (Å²) < 4.78 is 40.7. The van der Waals surface area contributed by atoms with Crippen LogP contribution in [0.3, 0.4) is 0 Å². The third kappa shape index (κ3) is 5.79. The molecule has 3 heterocycles. The average Bonchev–Trinajstić information content (AvgIpc) is 3.00. The molecule has 0 N–H and O–H groups in total. The second-order valence-corrected chi connectivity index (χ2v) is 9.39. The van der Waals surface area contributed by atoms with E-state index in [4.69, 9.17) is 8.85 Å². The highest BCUT2D eigenvalue weighted by atomic mass is 16.5. The molecular formula is C30H30N6O2. The Labute approximate surface area is 227 Å². The van der Waals surface area contributed by atoms with Crippen molar-refractivity contribution < 1.29 is 10.2 Å². The number of piperidine rings is 1. The van der Waals surface area contributed by atoms with Crippen molar-refractivity contribution in [3.8, 4) is 34.5 Å². The number of aromatic nitrogens is 4. The largest absolute Gasteiger partial charge is 0.490 e. The zero-order valence-electron chi connectivity index (χ0n) is 25.0. The third-order valence-corrected chi connectivity index (χ3v) is 6.65. The molecule has 1 saturated heterocycles. The van der Waals surface area contributed by atoms with E-state index in [1.54, 1.807) is 48.8 Å². The van der Waals surface area contributed by atoms with Crippen LogP contribution in [-0.2, 0) is 0 Å². The smallest absolute Gasteiger partial charge is 0.267 e. The van der Waals surface area contributed by atoms with Gasteiger partial charge in [0.1, 0.15) is 0 Å². The van der Waals surface area contributed by atoms with E-state index < -0.39 is 18.4 Å². The molecule has 1 atom stereocenters. The highest BCUT2D eigenvalue weighted by Gasteiger charge is 2.18. The third-order valence-electron chi connectivity index (χ3n) is 6.65. The predicted octanol–water partition coefficient (Wildman–Crippen LogP) is 4.57. The molecule has 4 aromatic rings. The molecule has 8 heteroatoms. The minimum Gasteiger partial charge on any atom is -0.490 e. The lowest BCUT2D eigenvalue weighted by Crippen LogP contribution is -2.32. The fraction of sp³-hybridized carbons (Fsp3) is 0.300. The first-order valence-corrected chi connectivity index (χ1v) is 12.4. The van der Waals surface area contributed by atoms with E-state index in [0.29, 0.717) is 45.5 Å². The monoisotopic (exact) mass is 510 g/mol. The number of hydrogen-bond acceptors (Lipinski definition) is 7. The minimum atomic E-state index is -2.98. The molecule has 1 aliphatic rings. The van der Waals surface area contributed by atoms with E-state index in [-0.39, 0.29) is 11.3 Å². The molecule has 5 rings (SSSR count). The summed E-state index contributed by atoms with van der Waals surface area (Å²) in [6.07, 6.45) is 5.31. The number of rotatable bonds is 7. The van der Waals surface area contributed by atoms with E-state index in [9.17, 15) is 11.4 Å². The van der Waals surface area contributed by atoms with Gasteiger partial charge in [0, 0.05) is 21.3 Å². The van der Waals surface area contributed by atoms with Crippen LogP contribution in [0.25, 0.3) is 22.6 Å². The Kier molecular flexibility index (Phi) is 6.18. The first-order chi connectivity index (χ1) is 20.1. The van der Waals surface area contributed by atoms with Crippen LogP contribution in [0, 0.1) is 17.2 Å². The van der Waals surface area contributed by atoms with Crippen molar-refractivity contribution >= 4 is 0 Å². The van der Waals surface area contributed by atoms with Gasteiger partial charge in [-0.25, -0.2) is 14.6 Å². The van der Waals surface area contributed by atoms with Crippen LogP contribution in [0.1, 0.15) is 42.3 Å². The van der Waals surface area contributed by atoms with Gasteiger partial charge in [0.2, 0.25) is 0 Å². The van der Waals surface area contributed by atoms with Crippen molar-refractivity contribution in [1.29, 1.82) is 5.26 Å². The maximum atomic E-state index is 13.0. The first kappa shape index (κ1) is 20.7. The number of likely N-dealkylation sites (tertiary alicyclic amines) is 1. The Hall–Kier alpha value is -4.35. The van der Waals surface area contributed by atoms with Crippen LogP contribution < -0.4 is 10.3 Å². The number of hydrogen-bond donors (Lipinski definition) is 0.